The standard InChI is InChI=1S/C19H24ClFN2O3S/c1-11-4-7-14(8-5-11)26-17(13-6-9-16(21)15(20)10-13)18-22-12(2)19(23-18)27(3,24)25/h6,9-11,14,17H,4-5,7-8H2,1-3H3,(H,22,23)/t11?,14?,17-/m0/s1. The fourth-order valence-electron chi connectivity index (χ4n) is 3.49. The average molecular weight is 415 g/mol. The number of aryl methyl sites for hydroxylation is 1. The number of aromatic amines is 1. The lowest BCUT2D eigenvalue weighted by molar-refractivity contribution is -0.0218. The summed E-state index contributed by atoms with van der Waals surface area (Å²) in [5, 5.41) is -0.0124. The molecule has 1 atom stereocenters. The summed E-state index contributed by atoms with van der Waals surface area (Å²) in [5.74, 6) is 0.540. The van der Waals surface area contributed by atoms with E-state index in [2.05, 4.69) is 16.9 Å². The predicted octanol–water partition coefficient (Wildman–Crippen LogP) is 4.60. The van der Waals surface area contributed by atoms with E-state index in [0.717, 1.165) is 31.9 Å². The van der Waals surface area contributed by atoms with Gasteiger partial charge >= 0.3 is 0 Å². The molecule has 0 amide bonds. The van der Waals surface area contributed by atoms with E-state index in [1.807, 2.05) is 0 Å². The van der Waals surface area contributed by atoms with Gasteiger partial charge in [0.2, 0.25) is 0 Å². The fraction of sp³-hybridized carbons (Fsp3) is 0.526. The normalized spacial score (nSPS) is 22.0. The van der Waals surface area contributed by atoms with Gasteiger partial charge in [0, 0.05) is 6.26 Å². The lowest BCUT2D eigenvalue weighted by Crippen LogP contribution is -2.24. The highest BCUT2D eigenvalue weighted by molar-refractivity contribution is 7.90. The van der Waals surface area contributed by atoms with Gasteiger partial charge in [-0.05, 0) is 56.2 Å². The third kappa shape index (κ3) is 4.70. The number of hydrogen-bond donors (Lipinski definition) is 1. The molecule has 1 aromatic heterocycles. The molecule has 1 aromatic carbocycles. The van der Waals surface area contributed by atoms with Crippen LogP contribution in [0.25, 0.3) is 0 Å². The van der Waals surface area contributed by atoms with Crippen molar-refractivity contribution < 1.29 is 17.5 Å². The van der Waals surface area contributed by atoms with Crippen LogP contribution in [0.15, 0.2) is 23.2 Å². The molecule has 8 heteroatoms. The van der Waals surface area contributed by atoms with Crippen LogP contribution >= 0.6 is 11.6 Å². The summed E-state index contributed by atoms with van der Waals surface area (Å²) < 4.78 is 43.8. The number of ether oxygens (including phenoxy) is 1. The molecule has 1 aliphatic rings. The average Bonchev–Trinajstić information content (AvgIpc) is 2.99. The summed E-state index contributed by atoms with van der Waals surface area (Å²) in [6.07, 6.45) is 4.50. The highest BCUT2D eigenvalue weighted by Crippen LogP contribution is 2.34. The SMILES string of the molecule is Cc1[nH]c([C@@H](OC2CCC(C)CC2)c2ccc(F)c(Cl)c2)nc1S(C)(=O)=O. The quantitative estimate of drug-likeness (QED) is 0.776. The van der Waals surface area contributed by atoms with Crippen molar-refractivity contribution in [1.82, 2.24) is 9.97 Å². The van der Waals surface area contributed by atoms with Crippen molar-refractivity contribution in [1.29, 1.82) is 0 Å². The number of nitrogens with one attached hydrogen (secondary N) is 1. The zero-order chi connectivity index (χ0) is 19.8. The van der Waals surface area contributed by atoms with Gasteiger partial charge in [-0.1, -0.05) is 24.6 Å². The van der Waals surface area contributed by atoms with Gasteiger partial charge in [-0.3, -0.25) is 0 Å². The van der Waals surface area contributed by atoms with E-state index >= 15 is 0 Å². The van der Waals surface area contributed by atoms with Crippen LogP contribution in [0.3, 0.4) is 0 Å². The molecular formula is C19H24ClFN2O3S. The molecule has 0 spiro atoms. The van der Waals surface area contributed by atoms with E-state index in [9.17, 15) is 12.8 Å². The number of imidazole rings is 1. The third-order valence-corrected chi connectivity index (χ3v) is 6.39. The monoisotopic (exact) mass is 414 g/mol. The maximum atomic E-state index is 13.6. The van der Waals surface area contributed by atoms with Crippen LogP contribution in [0.1, 0.15) is 55.8 Å². The Labute approximate surface area is 164 Å². The van der Waals surface area contributed by atoms with Gasteiger partial charge in [0.1, 0.15) is 17.7 Å². The van der Waals surface area contributed by atoms with Crippen molar-refractivity contribution >= 4 is 21.4 Å². The molecule has 0 aliphatic heterocycles. The lowest BCUT2D eigenvalue weighted by atomic mass is 9.89. The number of benzene rings is 1. The Hall–Kier alpha value is -1.44. The zero-order valence-electron chi connectivity index (χ0n) is 15.6. The molecule has 1 fully saturated rings. The number of nitrogens with zero attached hydrogens (tertiary/aromatic N) is 1. The predicted molar refractivity (Wildman–Crippen MR) is 102 cm³/mol. The smallest absolute Gasteiger partial charge is 0.194 e. The molecule has 2 aromatic rings. The first-order valence-corrected chi connectivity index (χ1v) is 11.3. The summed E-state index contributed by atoms with van der Waals surface area (Å²) >= 11 is 5.96. The van der Waals surface area contributed by atoms with Crippen molar-refractivity contribution in [3.05, 3.63) is 46.1 Å². The molecule has 0 radical (unpaired) electrons. The van der Waals surface area contributed by atoms with Crippen molar-refractivity contribution in [2.75, 3.05) is 6.26 Å². The van der Waals surface area contributed by atoms with Crippen LogP contribution in [0, 0.1) is 18.7 Å². The summed E-state index contributed by atoms with van der Waals surface area (Å²) in [7, 11) is -3.47. The van der Waals surface area contributed by atoms with Crippen LogP contribution in [0.5, 0.6) is 0 Å². The van der Waals surface area contributed by atoms with Gasteiger partial charge in [0.15, 0.2) is 14.9 Å². The second-order valence-electron chi connectivity index (χ2n) is 7.40. The summed E-state index contributed by atoms with van der Waals surface area (Å²) in [6, 6.07) is 4.38. The number of sulfone groups is 1. The number of H-pyrrole nitrogens is 1. The van der Waals surface area contributed by atoms with Crippen LogP contribution in [0.2, 0.25) is 5.02 Å². The Kier molecular flexibility index (Phi) is 5.93. The van der Waals surface area contributed by atoms with E-state index in [1.165, 1.54) is 12.1 Å². The molecular weight excluding hydrogens is 391 g/mol. The summed E-state index contributed by atoms with van der Waals surface area (Å²) in [4.78, 5) is 7.32. The first-order chi connectivity index (χ1) is 12.6. The number of hydrogen-bond acceptors (Lipinski definition) is 4. The van der Waals surface area contributed by atoms with E-state index in [-0.39, 0.29) is 16.2 Å². The molecule has 1 aliphatic carbocycles. The van der Waals surface area contributed by atoms with Crippen molar-refractivity contribution in [2.45, 2.75) is 56.8 Å². The van der Waals surface area contributed by atoms with Crippen molar-refractivity contribution in [3.8, 4) is 0 Å². The molecule has 0 saturated heterocycles. The van der Waals surface area contributed by atoms with Crippen LogP contribution < -0.4 is 0 Å². The topological polar surface area (TPSA) is 72.0 Å². The maximum absolute atomic E-state index is 13.6. The van der Waals surface area contributed by atoms with E-state index in [4.69, 9.17) is 16.3 Å². The highest BCUT2D eigenvalue weighted by atomic mass is 35.5. The first-order valence-electron chi connectivity index (χ1n) is 9.02. The minimum Gasteiger partial charge on any atom is -0.362 e. The number of rotatable bonds is 5. The maximum Gasteiger partial charge on any atom is 0.194 e. The molecule has 1 saturated carbocycles. The minimum atomic E-state index is -3.47. The summed E-state index contributed by atoms with van der Waals surface area (Å²) in [6.45, 7) is 3.88. The second-order valence-corrected chi connectivity index (χ2v) is 9.73. The highest BCUT2D eigenvalue weighted by Gasteiger charge is 2.28. The van der Waals surface area contributed by atoms with Gasteiger partial charge in [-0.25, -0.2) is 17.8 Å². The minimum absolute atomic E-state index is 0.00317. The van der Waals surface area contributed by atoms with Crippen LogP contribution in [-0.2, 0) is 14.6 Å². The van der Waals surface area contributed by atoms with E-state index in [1.54, 1.807) is 13.0 Å². The number of aromatic nitrogens is 2. The number of halogens is 2. The Morgan fingerprint density at radius 2 is 1.96 bits per heavy atom. The Balaban J connectivity index is 1.98. The van der Waals surface area contributed by atoms with Gasteiger partial charge in [-0.2, -0.15) is 0 Å². The zero-order valence-corrected chi connectivity index (χ0v) is 17.2. The van der Waals surface area contributed by atoms with Crippen LogP contribution in [0.4, 0.5) is 4.39 Å². The molecule has 148 valence electrons. The van der Waals surface area contributed by atoms with Gasteiger partial charge in [0.25, 0.3) is 0 Å². The molecule has 5 nitrogen and oxygen atoms in total. The van der Waals surface area contributed by atoms with Gasteiger partial charge in [0.05, 0.1) is 16.8 Å². The fourth-order valence-corrected chi connectivity index (χ4v) is 4.55. The van der Waals surface area contributed by atoms with Gasteiger partial charge in [-0.15, -0.1) is 0 Å². The van der Waals surface area contributed by atoms with E-state index < -0.39 is 21.8 Å². The van der Waals surface area contributed by atoms with Gasteiger partial charge < -0.3 is 9.72 Å². The summed E-state index contributed by atoms with van der Waals surface area (Å²) in [5.41, 5.74) is 1.08. The molecule has 0 unspecified atom stereocenters. The second kappa shape index (κ2) is 7.89. The van der Waals surface area contributed by atoms with E-state index in [0.29, 0.717) is 23.0 Å². The Morgan fingerprint density at radius 3 is 2.52 bits per heavy atom. The van der Waals surface area contributed by atoms with Crippen molar-refractivity contribution in [2.24, 2.45) is 5.92 Å². The molecule has 27 heavy (non-hydrogen) atoms. The first kappa shape index (κ1) is 20.3. The largest absolute Gasteiger partial charge is 0.362 e. The third-order valence-electron chi connectivity index (χ3n) is 5.00. The Morgan fingerprint density at radius 1 is 1.30 bits per heavy atom. The van der Waals surface area contributed by atoms with Crippen molar-refractivity contribution in [3.63, 3.8) is 0 Å². The molecule has 1 heterocycles. The molecule has 3 rings (SSSR count). The van der Waals surface area contributed by atoms with Crippen LogP contribution in [-0.4, -0.2) is 30.7 Å². The molecule has 0 bridgehead atoms. The Bertz CT molecular complexity index is 921. The molecule has 1 N–H and O–H groups in total. The lowest BCUT2D eigenvalue weighted by Gasteiger charge is -2.29.